The molecule has 1 saturated heterocycles. The highest BCUT2D eigenvalue weighted by atomic mass is 35.5. The highest BCUT2D eigenvalue weighted by Gasteiger charge is 2.21. The van der Waals surface area contributed by atoms with Gasteiger partial charge >= 0.3 is 0 Å². The summed E-state index contributed by atoms with van der Waals surface area (Å²) in [5.41, 5.74) is 4.42. The number of piperazine rings is 1. The van der Waals surface area contributed by atoms with Gasteiger partial charge in [-0.25, -0.2) is 8.42 Å². The van der Waals surface area contributed by atoms with Crippen molar-refractivity contribution in [3.63, 3.8) is 0 Å². The zero-order chi connectivity index (χ0) is 21.0. The molecule has 0 unspecified atom stereocenters. The third-order valence-electron chi connectivity index (χ3n) is 5.42. The van der Waals surface area contributed by atoms with Crippen molar-refractivity contribution in [3.05, 3.63) is 47.0 Å². The normalized spacial score (nSPS) is 15.0. The first kappa shape index (κ1) is 24.8. The maximum absolute atomic E-state index is 12.4. The Kier molecular flexibility index (Phi) is 8.85. The fourth-order valence-corrected chi connectivity index (χ4v) is 5.20. The molecule has 0 spiro atoms. The zero-order valence-electron chi connectivity index (χ0n) is 17.8. The second kappa shape index (κ2) is 10.7. The van der Waals surface area contributed by atoms with E-state index in [1.54, 1.807) is 0 Å². The molecule has 30 heavy (non-hydrogen) atoms. The Morgan fingerprint density at radius 1 is 1.03 bits per heavy atom. The van der Waals surface area contributed by atoms with Crippen molar-refractivity contribution in [1.82, 2.24) is 4.90 Å². The lowest BCUT2D eigenvalue weighted by molar-refractivity contribution is 0.271. The third kappa shape index (κ3) is 5.82. The molecule has 0 aromatic heterocycles. The number of rotatable bonds is 7. The van der Waals surface area contributed by atoms with Crippen LogP contribution in [-0.2, 0) is 10.0 Å². The van der Waals surface area contributed by atoms with Gasteiger partial charge in [0.05, 0.1) is 16.5 Å². The van der Waals surface area contributed by atoms with Crippen molar-refractivity contribution >= 4 is 45.4 Å². The van der Waals surface area contributed by atoms with Gasteiger partial charge in [-0.2, -0.15) is 0 Å². The number of hydrogen-bond donors (Lipinski definition) is 1. The van der Waals surface area contributed by atoms with Gasteiger partial charge in [-0.3, -0.25) is 4.72 Å². The quantitative estimate of drug-likeness (QED) is 0.614. The van der Waals surface area contributed by atoms with Crippen molar-refractivity contribution in [2.45, 2.75) is 27.2 Å². The molecule has 2 aromatic carbocycles. The Morgan fingerprint density at radius 2 is 1.70 bits per heavy atom. The molecule has 0 saturated carbocycles. The van der Waals surface area contributed by atoms with Crippen molar-refractivity contribution in [3.8, 4) is 11.1 Å². The largest absolute Gasteiger partial charge is 0.369 e. The van der Waals surface area contributed by atoms with Crippen LogP contribution in [0, 0.1) is 6.92 Å². The van der Waals surface area contributed by atoms with E-state index in [2.05, 4.69) is 27.5 Å². The van der Waals surface area contributed by atoms with Crippen molar-refractivity contribution in [2.24, 2.45) is 0 Å². The summed E-state index contributed by atoms with van der Waals surface area (Å²) in [6.07, 6.45) is 0.552. The minimum absolute atomic E-state index is 0. The van der Waals surface area contributed by atoms with Gasteiger partial charge in [0.1, 0.15) is 0 Å². The number of hydrogen-bond acceptors (Lipinski definition) is 4. The zero-order valence-corrected chi connectivity index (χ0v) is 20.2. The fourth-order valence-electron chi connectivity index (χ4n) is 3.75. The van der Waals surface area contributed by atoms with Gasteiger partial charge in [-0.1, -0.05) is 49.7 Å². The standard InChI is InChI=1S/C22H30ClN3O2S.ClH/c1-4-14-29(27,28)24-21-16-18(26-12-10-25(5-2)11-13-26)15-20(22(21)23)19-9-7-6-8-17(19)3;/h6-9,15-16,24H,4-5,10-14H2,1-3H3;1H. The van der Waals surface area contributed by atoms with Crippen LogP contribution in [0.15, 0.2) is 36.4 Å². The van der Waals surface area contributed by atoms with E-state index < -0.39 is 10.0 Å². The molecular weight excluding hydrogens is 441 g/mol. The number of benzene rings is 2. The molecule has 1 aliphatic heterocycles. The maximum Gasteiger partial charge on any atom is 0.232 e. The first-order valence-corrected chi connectivity index (χ1v) is 12.2. The lowest BCUT2D eigenvalue weighted by Crippen LogP contribution is -2.46. The van der Waals surface area contributed by atoms with E-state index in [0.29, 0.717) is 17.1 Å². The molecule has 8 heteroatoms. The Labute approximate surface area is 191 Å². The lowest BCUT2D eigenvalue weighted by atomic mass is 9.99. The van der Waals surface area contributed by atoms with Gasteiger partial charge in [0.25, 0.3) is 0 Å². The average molecular weight is 472 g/mol. The van der Waals surface area contributed by atoms with Crippen LogP contribution in [0.3, 0.4) is 0 Å². The number of anilines is 2. The highest BCUT2D eigenvalue weighted by molar-refractivity contribution is 7.92. The van der Waals surface area contributed by atoms with Crippen LogP contribution in [0.1, 0.15) is 25.8 Å². The summed E-state index contributed by atoms with van der Waals surface area (Å²) in [5, 5.41) is 0.440. The predicted molar refractivity (Wildman–Crippen MR) is 131 cm³/mol. The Balaban J connectivity index is 0.00000320. The van der Waals surface area contributed by atoms with E-state index in [0.717, 1.165) is 55.1 Å². The molecule has 3 rings (SSSR count). The van der Waals surface area contributed by atoms with Gasteiger partial charge in [-0.15, -0.1) is 12.4 Å². The van der Waals surface area contributed by atoms with E-state index in [1.165, 1.54) is 0 Å². The van der Waals surface area contributed by atoms with Crippen LogP contribution < -0.4 is 9.62 Å². The fraction of sp³-hybridized carbons (Fsp3) is 0.455. The summed E-state index contributed by atoms with van der Waals surface area (Å²) in [7, 11) is -3.44. The minimum atomic E-state index is -3.44. The summed E-state index contributed by atoms with van der Waals surface area (Å²) in [6, 6.07) is 12.0. The van der Waals surface area contributed by atoms with E-state index in [1.807, 2.05) is 44.2 Å². The molecule has 1 fully saturated rings. The Bertz CT molecular complexity index is 959. The van der Waals surface area contributed by atoms with E-state index in [4.69, 9.17) is 11.6 Å². The number of nitrogens with zero attached hydrogens (tertiary/aromatic N) is 2. The van der Waals surface area contributed by atoms with Crippen LogP contribution in [-0.4, -0.2) is 51.8 Å². The summed E-state index contributed by atoms with van der Waals surface area (Å²) in [5.74, 6) is 0.0719. The van der Waals surface area contributed by atoms with Crippen LogP contribution in [0.25, 0.3) is 11.1 Å². The molecule has 166 valence electrons. The Hall–Kier alpha value is -1.47. The molecule has 0 radical (unpaired) electrons. The second-order valence-corrected chi connectivity index (χ2v) is 9.73. The minimum Gasteiger partial charge on any atom is -0.369 e. The Morgan fingerprint density at radius 3 is 2.30 bits per heavy atom. The van der Waals surface area contributed by atoms with E-state index in [9.17, 15) is 8.42 Å². The van der Waals surface area contributed by atoms with Crippen LogP contribution in [0.5, 0.6) is 0 Å². The lowest BCUT2D eigenvalue weighted by Gasteiger charge is -2.36. The van der Waals surface area contributed by atoms with Gasteiger partial charge in [0, 0.05) is 37.4 Å². The number of sulfonamides is 1. The first-order chi connectivity index (χ1) is 13.8. The van der Waals surface area contributed by atoms with Crippen molar-refractivity contribution < 1.29 is 8.42 Å². The molecule has 0 atom stereocenters. The topological polar surface area (TPSA) is 52.7 Å². The van der Waals surface area contributed by atoms with Crippen molar-refractivity contribution in [2.75, 3.05) is 48.1 Å². The molecule has 1 heterocycles. The SMILES string of the molecule is CCCS(=O)(=O)Nc1cc(N2CCN(CC)CC2)cc(-c2ccccc2C)c1Cl.Cl. The van der Waals surface area contributed by atoms with Gasteiger partial charge in [0.2, 0.25) is 10.0 Å². The number of aryl methyl sites for hydroxylation is 1. The number of nitrogens with one attached hydrogen (secondary N) is 1. The van der Waals surface area contributed by atoms with Crippen LogP contribution >= 0.6 is 24.0 Å². The van der Waals surface area contributed by atoms with Gasteiger partial charge in [-0.05, 0) is 43.1 Å². The predicted octanol–water partition coefficient (Wildman–Crippen LogP) is 5.03. The molecule has 2 aromatic rings. The molecule has 1 N–H and O–H groups in total. The molecular formula is C22H31Cl2N3O2S. The van der Waals surface area contributed by atoms with Gasteiger partial charge in [0.15, 0.2) is 0 Å². The van der Waals surface area contributed by atoms with Gasteiger partial charge < -0.3 is 9.80 Å². The first-order valence-electron chi connectivity index (χ1n) is 10.2. The second-order valence-electron chi connectivity index (χ2n) is 7.51. The van der Waals surface area contributed by atoms with Crippen LogP contribution in [0.2, 0.25) is 5.02 Å². The smallest absolute Gasteiger partial charge is 0.232 e. The molecule has 1 aliphatic rings. The average Bonchev–Trinajstić information content (AvgIpc) is 2.70. The molecule has 5 nitrogen and oxygen atoms in total. The molecule has 0 amide bonds. The highest BCUT2D eigenvalue weighted by Crippen LogP contribution is 2.40. The van der Waals surface area contributed by atoms with Crippen molar-refractivity contribution in [1.29, 1.82) is 0 Å². The number of likely N-dealkylation sites (N-methyl/N-ethyl adjacent to an activating group) is 1. The molecule has 0 bridgehead atoms. The third-order valence-corrected chi connectivity index (χ3v) is 7.30. The number of halogens is 2. The summed E-state index contributed by atoms with van der Waals surface area (Å²) >= 11 is 6.72. The maximum atomic E-state index is 12.4. The van der Waals surface area contributed by atoms with E-state index in [-0.39, 0.29) is 18.2 Å². The van der Waals surface area contributed by atoms with Crippen LogP contribution in [0.4, 0.5) is 11.4 Å². The summed E-state index contributed by atoms with van der Waals surface area (Å²) < 4.78 is 27.6. The summed E-state index contributed by atoms with van der Waals surface area (Å²) in [4.78, 5) is 4.72. The summed E-state index contributed by atoms with van der Waals surface area (Å²) in [6.45, 7) is 10.9. The molecule has 0 aliphatic carbocycles. The van der Waals surface area contributed by atoms with E-state index >= 15 is 0 Å². The monoisotopic (exact) mass is 471 g/mol.